The van der Waals surface area contributed by atoms with Gasteiger partial charge in [0.05, 0.1) is 4.91 Å². The van der Waals surface area contributed by atoms with Gasteiger partial charge in [0, 0.05) is 12.7 Å². The molecule has 0 spiro atoms. The Balaban J connectivity index is 4.50. The van der Waals surface area contributed by atoms with Gasteiger partial charge in [-0.25, -0.2) is 5.84 Å². The van der Waals surface area contributed by atoms with E-state index in [0.29, 0.717) is 10.6 Å². The van der Waals surface area contributed by atoms with Gasteiger partial charge in [-0.05, 0) is 13.8 Å². The molecule has 10 heavy (non-hydrogen) atoms. The first kappa shape index (κ1) is 9.52. The standard InChI is InChI=1S/C6H12N2OS/c1-4(8(3)7)6(10)5(2)9/h10H,7H2,1-3H3/b6-4+. The Morgan fingerprint density at radius 2 is 1.90 bits per heavy atom. The van der Waals surface area contributed by atoms with Crippen molar-refractivity contribution in [1.82, 2.24) is 5.01 Å². The summed E-state index contributed by atoms with van der Waals surface area (Å²) in [6.45, 7) is 3.19. The average molecular weight is 160 g/mol. The van der Waals surface area contributed by atoms with Crippen LogP contribution in [0, 0.1) is 0 Å². The molecule has 0 saturated heterocycles. The second-order valence-corrected chi connectivity index (χ2v) is 2.55. The summed E-state index contributed by atoms with van der Waals surface area (Å²) >= 11 is 3.97. The van der Waals surface area contributed by atoms with E-state index in [0.717, 1.165) is 0 Å². The Bertz CT molecular complexity index is 175. The molecule has 58 valence electrons. The zero-order chi connectivity index (χ0) is 8.31. The third kappa shape index (κ3) is 2.41. The summed E-state index contributed by atoms with van der Waals surface area (Å²) in [5.41, 5.74) is 0.677. The molecule has 0 amide bonds. The molecule has 0 saturated carbocycles. The van der Waals surface area contributed by atoms with Crippen LogP contribution in [0.3, 0.4) is 0 Å². The van der Waals surface area contributed by atoms with Crippen molar-refractivity contribution in [3.05, 3.63) is 10.6 Å². The first-order chi connectivity index (χ1) is 4.46. The number of allylic oxidation sites excluding steroid dienone is 2. The van der Waals surface area contributed by atoms with Crippen LogP contribution < -0.4 is 5.84 Å². The fourth-order valence-electron chi connectivity index (χ4n) is 0.422. The molecule has 0 aromatic heterocycles. The van der Waals surface area contributed by atoms with Crippen molar-refractivity contribution in [2.75, 3.05) is 7.05 Å². The predicted octanol–water partition coefficient (Wildman–Crippen LogP) is 0.542. The number of rotatable bonds is 2. The lowest BCUT2D eigenvalue weighted by Gasteiger charge is -2.13. The van der Waals surface area contributed by atoms with Crippen LogP contribution in [-0.2, 0) is 4.79 Å². The molecule has 0 aromatic carbocycles. The van der Waals surface area contributed by atoms with E-state index in [-0.39, 0.29) is 5.78 Å². The van der Waals surface area contributed by atoms with Crippen molar-refractivity contribution in [3.8, 4) is 0 Å². The predicted molar refractivity (Wildman–Crippen MR) is 44.3 cm³/mol. The minimum atomic E-state index is -0.0712. The molecular formula is C6H12N2OS. The van der Waals surface area contributed by atoms with Crippen LogP contribution >= 0.6 is 12.6 Å². The molecule has 0 heterocycles. The molecule has 0 aliphatic heterocycles. The molecule has 3 nitrogen and oxygen atoms in total. The van der Waals surface area contributed by atoms with Crippen LogP contribution in [0.2, 0.25) is 0 Å². The molecular weight excluding hydrogens is 148 g/mol. The smallest absolute Gasteiger partial charge is 0.167 e. The lowest BCUT2D eigenvalue weighted by molar-refractivity contribution is -0.113. The summed E-state index contributed by atoms with van der Waals surface area (Å²) in [5.74, 6) is 5.28. The van der Waals surface area contributed by atoms with Gasteiger partial charge in [-0.3, -0.25) is 4.79 Å². The number of ketones is 1. The molecule has 0 atom stereocenters. The van der Waals surface area contributed by atoms with Crippen LogP contribution in [0.25, 0.3) is 0 Å². The lowest BCUT2D eigenvalue weighted by Crippen LogP contribution is -2.25. The Morgan fingerprint density at radius 3 is 2.00 bits per heavy atom. The van der Waals surface area contributed by atoms with Crippen LogP contribution in [-0.4, -0.2) is 17.8 Å². The highest BCUT2D eigenvalue weighted by atomic mass is 32.1. The summed E-state index contributed by atoms with van der Waals surface area (Å²) in [6, 6.07) is 0. The SMILES string of the molecule is CC(=O)/C(S)=C(/C)N(C)N. The number of Topliss-reactive ketones (excluding diaryl/α,β-unsaturated/α-hetero) is 1. The maximum Gasteiger partial charge on any atom is 0.167 e. The van der Waals surface area contributed by atoms with Gasteiger partial charge in [0.15, 0.2) is 5.78 Å². The van der Waals surface area contributed by atoms with E-state index >= 15 is 0 Å². The Kier molecular flexibility index (Phi) is 3.46. The van der Waals surface area contributed by atoms with Gasteiger partial charge in [-0.1, -0.05) is 0 Å². The third-order valence-electron chi connectivity index (χ3n) is 1.21. The molecule has 0 unspecified atom stereocenters. The number of hydrogen-bond donors (Lipinski definition) is 2. The van der Waals surface area contributed by atoms with Crippen LogP contribution in [0.15, 0.2) is 10.6 Å². The van der Waals surface area contributed by atoms with Crippen LogP contribution in [0.5, 0.6) is 0 Å². The van der Waals surface area contributed by atoms with Gasteiger partial charge in [0.2, 0.25) is 0 Å². The Morgan fingerprint density at radius 1 is 1.50 bits per heavy atom. The second-order valence-electron chi connectivity index (χ2n) is 2.10. The van der Waals surface area contributed by atoms with Gasteiger partial charge >= 0.3 is 0 Å². The zero-order valence-corrected chi connectivity index (χ0v) is 7.27. The summed E-state index contributed by atoms with van der Waals surface area (Å²) in [4.78, 5) is 11.1. The van der Waals surface area contributed by atoms with Crippen LogP contribution in [0.1, 0.15) is 13.8 Å². The topological polar surface area (TPSA) is 46.3 Å². The van der Waals surface area contributed by atoms with Crippen molar-refractivity contribution >= 4 is 18.4 Å². The number of thiol groups is 1. The zero-order valence-electron chi connectivity index (χ0n) is 6.38. The van der Waals surface area contributed by atoms with E-state index in [9.17, 15) is 4.79 Å². The number of nitrogens with zero attached hydrogens (tertiary/aromatic N) is 1. The van der Waals surface area contributed by atoms with E-state index < -0.39 is 0 Å². The summed E-state index contributed by atoms with van der Waals surface area (Å²) in [5, 5.41) is 1.36. The van der Waals surface area contributed by atoms with Crippen molar-refractivity contribution in [2.45, 2.75) is 13.8 Å². The molecule has 0 aromatic rings. The van der Waals surface area contributed by atoms with E-state index in [1.807, 2.05) is 0 Å². The third-order valence-corrected chi connectivity index (χ3v) is 1.84. The fourth-order valence-corrected chi connectivity index (χ4v) is 0.580. The lowest BCUT2D eigenvalue weighted by atomic mass is 10.3. The van der Waals surface area contributed by atoms with E-state index in [1.54, 1.807) is 14.0 Å². The largest absolute Gasteiger partial charge is 0.317 e. The van der Waals surface area contributed by atoms with E-state index in [4.69, 9.17) is 5.84 Å². The molecule has 0 rings (SSSR count). The van der Waals surface area contributed by atoms with Crippen molar-refractivity contribution in [3.63, 3.8) is 0 Å². The first-order valence-corrected chi connectivity index (χ1v) is 3.30. The van der Waals surface area contributed by atoms with Crippen molar-refractivity contribution < 1.29 is 4.79 Å². The monoisotopic (exact) mass is 160 g/mol. The molecule has 0 bridgehead atoms. The quantitative estimate of drug-likeness (QED) is 0.268. The van der Waals surface area contributed by atoms with Gasteiger partial charge in [-0.2, -0.15) is 0 Å². The number of hydrogen-bond acceptors (Lipinski definition) is 4. The normalized spacial score (nSPS) is 12.5. The Hall–Kier alpha value is -0.480. The van der Waals surface area contributed by atoms with E-state index in [2.05, 4.69) is 12.6 Å². The highest BCUT2D eigenvalue weighted by Gasteiger charge is 2.03. The molecule has 0 fully saturated rings. The molecule has 0 aliphatic carbocycles. The molecule has 4 heteroatoms. The minimum absolute atomic E-state index is 0.0712. The summed E-state index contributed by atoms with van der Waals surface area (Å²) < 4.78 is 0. The second kappa shape index (κ2) is 3.63. The average Bonchev–Trinajstić information content (AvgIpc) is 1.84. The minimum Gasteiger partial charge on any atom is -0.317 e. The maximum atomic E-state index is 10.7. The number of carbonyl (C=O) groups excluding carboxylic acids is 1. The fraction of sp³-hybridized carbons (Fsp3) is 0.500. The van der Waals surface area contributed by atoms with Crippen molar-refractivity contribution in [2.24, 2.45) is 5.84 Å². The van der Waals surface area contributed by atoms with Gasteiger partial charge in [-0.15, -0.1) is 12.6 Å². The van der Waals surface area contributed by atoms with E-state index in [1.165, 1.54) is 11.9 Å². The highest BCUT2D eigenvalue weighted by Crippen LogP contribution is 2.09. The number of nitrogens with two attached hydrogens (primary N) is 1. The summed E-state index contributed by atoms with van der Waals surface area (Å²) in [7, 11) is 1.66. The number of hydrazine groups is 1. The van der Waals surface area contributed by atoms with Crippen LogP contribution in [0.4, 0.5) is 0 Å². The molecule has 0 radical (unpaired) electrons. The van der Waals surface area contributed by atoms with Crippen molar-refractivity contribution in [1.29, 1.82) is 0 Å². The van der Waals surface area contributed by atoms with Gasteiger partial charge in [0.1, 0.15) is 0 Å². The number of carbonyl (C=O) groups is 1. The maximum absolute atomic E-state index is 10.7. The molecule has 0 aliphatic rings. The molecule has 2 N–H and O–H groups in total. The summed E-state index contributed by atoms with van der Waals surface area (Å²) in [6.07, 6.45) is 0. The Labute approximate surface area is 66.3 Å². The highest BCUT2D eigenvalue weighted by molar-refractivity contribution is 7.85. The van der Waals surface area contributed by atoms with Gasteiger partial charge < -0.3 is 5.01 Å². The van der Waals surface area contributed by atoms with Gasteiger partial charge in [0.25, 0.3) is 0 Å². The first-order valence-electron chi connectivity index (χ1n) is 2.86.